The molecule has 6 heteroatoms. The van der Waals surface area contributed by atoms with Gasteiger partial charge in [-0.3, -0.25) is 4.79 Å². The average molecular weight is 320 g/mol. The van der Waals surface area contributed by atoms with Crippen molar-refractivity contribution in [3.05, 3.63) is 59.9 Å². The number of H-pyrrole nitrogens is 1. The van der Waals surface area contributed by atoms with Gasteiger partial charge in [-0.05, 0) is 43.3 Å². The van der Waals surface area contributed by atoms with Gasteiger partial charge in [0.1, 0.15) is 11.6 Å². The molecule has 0 saturated carbocycles. The Morgan fingerprint density at radius 1 is 1.29 bits per heavy atom. The minimum atomic E-state index is -0.255. The van der Waals surface area contributed by atoms with E-state index in [0.717, 1.165) is 11.0 Å². The van der Waals surface area contributed by atoms with E-state index in [2.05, 4.69) is 15.3 Å². The average Bonchev–Trinajstić information content (AvgIpc) is 3.05. The lowest BCUT2D eigenvalue weighted by molar-refractivity contribution is -0.123. The van der Waals surface area contributed by atoms with Gasteiger partial charge in [-0.1, -0.05) is 12.1 Å². The fourth-order valence-electron chi connectivity index (χ4n) is 2.30. The second-order valence-electron chi connectivity index (χ2n) is 5.35. The van der Waals surface area contributed by atoms with Gasteiger partial charge in [0, 0.05) is 0 Å². The lowest BCUT2D eigenvalue weighted by Crippen LogP contribution is -2.31. The number of amides is 1. The van der Waals surface area contributed by atoms with Crippen LogP contribution in [-0.4, -0.2) is 22.5 Å². The molecular weight excluding hydrogens is 304 g/mol. The summed E-state index contributed by atoms with van der Waals surface area (Å²) in [6.07, 6.45) is 0. The highest BCUT2D eigenvalue weighted by Crippen LogP contribution is 2.15. The van der Waals surface area contributed by atoms with Crippen LogP contribution in [0, 0.1) is 11.3 Å². The Kier molecular flexibility index (Phi) is 4.43. The highest BCUT2D eigenvalue weighted by atomic mass is 16.5. The summed E-state index contributed by atoms with van der Waals surface area (Å²) in [7, 11) is 0. The molecule has 3 rings (SSSR count). The third-order valence-electron chi connectivity index (χ3n) is 3.55. The molecule has 6 nitrogen and oxygen atoms in total. The summed E-state index contributed by atoms with van der Waals surface area (Å²) < 4.78 is 5.41. The van der Waals surface area contributed by atoms with E-state index in [-0.39, 0.29) is 18.6 Å². The van der Waals surface area contributed by atoms with E-state index < -0.39 is 0 Å². The van der Waals surface area contributed by atoms with Crippen LogP contribution in [0.3, 0.4) is 0 Å². The molecule has 0 saturated heterocycles. The Hall–Kier alpha value is -3.33. The normalized spacial score (nSPS) is 11.7. The van der Waals surface area contributed by atoms with Gasteiger partial charge in [0.2, 0.25) is 0 Å². The van der Waals surface area contributed by atoms with Gasteiger partial charge in [-0.2, -0.15) is 5.26 Å². The van der Waals surface area contributed by atoms with Gasteiger partial charge in [-0.15, -0.1) is 0 Å². The van der Waals surface area contributed by atoms with Gasteiger partial charge in [-0.25, -0.2) is 4.98 Å². The fraction of sp³-hybridized carbons (Fsp3) is 0.167. The van der Waals surface area contributed by atoms with Crippen molar-refractivity contribution in [2.24, 2.45) is 0 Å². The van der Waals surface area contributed by atoms with Gasteiger partial charge in [0.05, 0.1) is 28.7 Å². The van der Waals surface area contributed by atoms with Crippen LogP contribution < -0.4 is 10.1 Å². The van der Waals surface area contributed by atoms with E-state index in [9.17, 15) is 4.79 Å². The number of para-hydroxylation sites is 2. The lowest BCUT2D eigenvalue weighted by atomic mass is 10.2. The fourth-order valence-corrected chi connectivity index (χ4v) is 2.30. The molecule has 1 aromatic heterocycles. The lowest BCUT2D eigenvalue weighted by Gasteiger charge is -2.12. The van der Waals surface area contributed by atoms with Gasteiger partial charge < -0.3 is 15.0 Å². The molecule has 0 aliphatic carbocycles. The monoisotopic (exact) mass is 320 g/mol. The molecule has 2 N–H and O–H groups in total. The first-order valence-corrected chi connectivity index (χ1v) is 7.52. The van der Waals surface area contributed by atoms with E-state index in [1.165, 1.54) is 0 Å². The molecule has 1 amide bonds. The standard InChI is InChI=1S/C18H16N4O2/c1-12(18-21-15-4-2-3-5-16(15)22-18)20-17(23)11-24-14-8-6-13(10-19)7-9-14/h2-9,12H,11H2,1H3,(H,20,23)(H,21,22)/t12-/m0/s1. The van der Waals surface area contributed by atoms with E-state index in [0.29, 0.717) is 17.1 Å². The van der Waals surface area contributed by atoms with Crippen molar-refractivity contribution in [2.75, 3.05) is 6.61 Å². The molecule has 0 bridgehead atoms. The number of carbonyl (C=O) groups excluding carboxylic acids is 1. The first-order chi connectivity index (χ1) is 11.7. The van der Waals surface area contributed by atoms with Crippen molar-refractivity contribution in [2.45, 2.75) is 13.0 Å². The van der Waals surface area contributed by atoms with E-state index in [4.69, 9.17) is 10.00 Å². The van der Waals surface area contributed by atoms with Crippen molar-refractivity contribution in [3.8, 4) is 11.8 Å². The SMILES string of the molecule is C[C@H](NC(=O)COc1ccc(C#N)cc1)c1nc2ccccc2[nH]1. The molecule has 0 radical (unpaired) electrons. The number of fused-ring (bicyclic) bond motifs is 1. The van der Waals surface area contributed by atoms with Crippen LogP contribution in [0.5, 0.6) is 5.75 Å². The van der Waals surface area contributed by atoms with E-state index in [1.54, 1.807) is 24.3 Å². The number of nitriles is 1. The van der Waals surface area contributed by atoms with Crippen molar-refractivity contribution >= 4 is 16.9 Å². The van der Waals surface area contributed by atoms with E-state index in [1.807, 2.05) is 37.3 Å². The molecule has 3 aromatic rings. The largest absolute Gasteiger partial charge is 0.484 e. The number of imidazole rings is 1. The number of nitrogens with one attached hydrogen (secondary N) is 2. The Balaban J connectivity index is 1.56. The topological polar surface area (TPSA) is 90.8 Å². The zero-order valence-electron chi connectivity index (χ0n) is 13.1. The maximum atomic E-state index is 12.0. The number of aromatic amines is 1. The highest BCUT2D eigenvalue weighted by molar-refractivity contribution is 5.78. The highest BCUT2D eigenvalue weighted by Gasteiger charge is 2.13. The van der Waals surface area contributed by atoms with Crippen LogP contribution in [0.1, 0.15) is 24.4 Å². The Morgan fingerprint density at radius 3 is 2.75 bits per heavy atom. The number of hydrogen-bond donors (Lipinski definition) is 2. The van der Waals surface area contributed by atoms with Gasteiger partial charge in [0.15, 0.2) is 6.61 Å². The molecule has 0 unspecified atom stereocenters. The van der Waals surface area contributed by atoms with Crippen molar-refractivity contribution in [1.82, 2.24) is 15.3 Å². The van der Waals surface area contributed by atoms with E-state index >= 15 is 0 Å². The number of ether oxygens (including phenoxy) is 1. The molecule has 0 aliphatic heterocycles. The summed E-state index contributed by atoms with van der Waals surface area (Å²) >= 11 is 0. The second-order valence-corrected chi connectivity index (χ2v) is 5.35. The molecule has 0 fully saturated rings. The third kappa shape index (κ3) is 3.52. The maximum Gasteiger partial charge on any atom is 0.258 e. The predicted molar refractivity (Wildman–Crippen MR) is 89.3 cm³/mol. The molecule has 2 aromatic carbocycles. The van der Waals surface area contributed by atoms with Crippen molar-refractivity contribution < 1.29 is 9.53 Å². The summed E-state index contributed by atoms with van der Waals surface area (Å²) in [5, 5.41) is 11.6. The zero-order valence-corrected chi connectivity index (χ0v) is 13.1. The summed E-state index contributed by atoms with van der Waals surface area (Å²) in [6.45, 7) is 1.76. The second kappa shape index (κ2) is 6.84. The van der Waals surface area contributed by atoms with Crippen molar-refractivity contribution in [3.63, 3.8) is 0 Å². The zero-order chi connectivity index (χ0) is 16.9. The first kappa shape index (κ1) is 15.6. The molecule has 24 heavy (non-hydrogen) atoms. The van der Waals surface area contributed by atoms with Crippen LogP contribution in [0.15, 0.2) is 48.5 Å². The summed E-state index contributed by atoms with van der Waals surface area (Å²) in [5.41, 5.74) is 2.34. The number of aromatic nitrogens is 2. The van der Waals surface area contributed by atoms with Gasteiger partial charge in [0.25, 0.3) is 5.91 Å². The molecular formula is C18H16N4O2. The first-order valence-electron chi connectivity index (χ1n) is 7.52. The maximum absolute atomic E-state index is 12.0. The Morgan fingerprint density at radius 2 is 2.04 bits per heavy atom. The van der Waals surface area contributed by atoms with Crippen LogP contribution in [0.4, 0.5) is 0 Å². The smallest absolute Gasteiger partial charge is 0.258 e. The van der Waals surface area contributed by atoms with Crippen LogP contribution in [0.2, 0.25) is 0 Å². The van der Waals surface area contributed by atoms with Crippen LogP contribution in [0.25, 0.3) is 11.0 Å². The Labute approximate surface area is 139 Å². The third-order valence-corrected chi connectivity index (χ3v) is 3.55. The Bertz CT molecular complexity index is 860. The van der Waals surface area contributed by atoms with Gasteiger partial charge >= 0.3 is 0 Å². The quantitative estimate of drug-likeness (QED) is 0.756. The number of nitrogens with zero attached hydrogens (tertiary/aromatic N) is 2. The molecule has 120 valence electrons. The molecule has 1 heterocycles. The van der Waals surface area contributed by atoms with Crippen LogP contribution in [-0.2, 0) is 4.79 Å². The minimum Gasteiger partial charge on any atom is -0.484 e. The van der Waals surface area contributed by atoms with Crippen LogP contribution >= 0.6 is 0 Å². The number of carbonyl (C=O) groups is 1. The summed E-state index contributed by atoms with van der Waals surface area (Å²) in [5.74, 6) is 0.996. The summed E-state index contributed by atoms with van der Waals surface area (Å²) in [6, 6.07) is 16.1. The number of rotatable bonds is 5. The molecule has 0 aliphatic rings. The summed E-state index contributed by atoms with van der Waals surface area (Å²) in [4.78, 5) is 19.7. The van der Waals surface area contributed by atoms with Crippen molar-refractivity contribution in [1.29, 1.82) is 5.26 Å². The number of hydrogen-bond acceptors (Lipinski definition) is 4. The minimum absolute atomic E-state index is 0.101. The predicted octanol–water partition coefficient (Wildman–Crippen LogP) is 2.69. The molecule has 0 spiro atoms. The number of benzene rings is 2. The molecule has 1 atom stereocenters.